The van der Waals surface area contributed by atoms with Crippen molar-refractivity contribution < 1.29 is 22.7 Å². The molecule has 1 aliphatic carbocycles. The van der Waals surface area contributed by atoms with Crippen LogP contribution in [0.4, 0.5) is 0 Å². The lowest BCUT2D eigenvalue weighted by atomic mass is 9.92. The van der Waals surface area contributed by atoms with Gasteiger partial charge in [-0.1, -0.05) is 54.1 Å². The van der Waals surface area contributed by atoms with Gasteiger partial charge in [0.15, 0.2) is 0 Å². The molecule has 1 saturated carbocycles. The van der Waals surface area contributed by atoms with E-state index in [1.165, 1.54) is 25.3 Å². The van der Waals surface area contributed by atoms with E-state index in [0.717, 1.165) is 9.87 Å². The minimum Gasteiger partial charge on any atom is -0.468 e. The summed E-state index contributed by atoms with van der Waals surface area (Å²) < 4.78 is 32.5. The van der Waals surface area contributed by atoms with E-state index in [0.29, 0.717) is 5.56 Å². The van der Waals surface area contributed by atoms with Gasteiger partial charge in [-0.25, -0.2) is 12.7 Å². The fourth-order valence-electron chi connectivity index (χ4n) is 4.09. The number of sulfonamides is 1. The van der Waals surface area contributed by atoms with Crippen LogP contribution >= 0.6 is 0 Å². The fourth-order valence-corrected chi connectivity index (χ4v) is 5.69. The summed E-state index contributed by atoms with van der Waals surface area (Å²) in [6, 6.07) is 14.3. The number of hydrogen-bond acceptors (Lipinski definition) is 5. The first-order valence-corrected chi connectivity index (χ1v) is 10.3. The summed E-state index contributed by atoms with van der Waals surface area (Å²) in [5.41, 5.74) is 0.290. The van der Waals surface area contributed by atoms with Crippen LogP contribution in [0.2, 0.25) is 0 Å². The third-order valence-electron chi connectivity index (χ3n) is 5.49. The first-order chi connectivity index (χ1) is 13.3. The molecule has 0 saturated heterocycles. The fraction of sp³-hybridized carbons (Fsp3) is 0.238. The molecule has 3 atom stereocenters. The summed E-state index contributed by atoms with van der Waals surface area (Å²) in [6.07, 6.45) is 2.83. The lowest BCUT2D eigenvalue weighted by Gasteiger charge is -2.25. The van der Waals surface area contributed by atoms with Gasteiger partial charge in [-0.05, 0) is 24.6 Å². The number of methoxy groups -OCH3 is 1. The number of aryl methyl sites for hydroxylation is 1. The minimum atomic E-state index is -4.13. The topological polar surface area (TPSA) is 80.8 Å². The molecule has 2 aromatic carbocycles. The van der Waals surface area contributed by atoms with E-state index >= 15 is 0 Å². The summed E-state index contributed by atoms with van der Waals surface area (Å²) in [5.74, 6) is -1.69. The van der Waals surface area contributed by atoms with Gasteiger partial charge in [-0.2, -0.15) is 0 Å². The molecular formula is C21H19NO5S. The van der Waals surface area contributed by atoms with E-state index in [-0.39, 0.29) is 4.90 Å². The number of fused-ring (bicyclic) bond motifs is 1. The van der Waals surface area contributed by atoms with Gasteiger partial charge >= 0.3 is 5.97 Å². The first kappa shape index (κ1) is 18.4. The Hall–Kier alpha value is -2.93. The highest BCUT2D eigenvalue weighted by Gasteiger charge is 2.76. The molecular weight excluding hydrogens is 378 g/mol. The molecule has 0 spiro atoms. The van der Waals surface area contributed by atoms with E-state index in [1.54, 1.807) is 42.5 Å². The highest BCUT2D eigenvalue weighted by atomic mass is 32.2. The maximum Gasteiger partial charge on any atom is 0.319 e. The first-order valence-electron chi connectivity index (χ1n) is 8.82. The molecule has 0 aromatic heterocycles. The number of nitrogens with zero attached hydrogens (tertiary/aromatic N) is 1. The van der Waals surface area contributed by atoms with Crippen molar-refractivity contribution in [3.05, 3.63) is 77.9 Å². The Morgan fingerprint density at radius 2 is 1.71 bits per heavy atom. The zero-order chi connectivity index (χ0) is 20.1. The van der Waals surface area contributed by atoms with Crippen molar-refractivity contribution in [3.63, 3.8) is 0 Å². The number of ether oxygens (including phenoxy) is 1. The van der Waals surface area contributed by atoms with Crippen molar-refractivity contribution in [2.75, 3.05) is 7.11 Å². The normalized spacial score (nSPS) is 25.9. The molecule has 28 heavy (non-hydrogen) atoms. The lowest BCUT2D eigenvalue weighted by Crippen LogP contribution is -2.43. The van der Waals surface area contributed by atoms with Crippen LogP contribution < -0.4 is 0 Å². The molecule has 144 valence electrons. The van der Waals surface area contributed by atoms with Crippen molar-refractivity contribution in [1.82, 2.24) is 4.31 Å². The maximum absolute atomic E-state index is 13.3. The second kappa shape index (κ2) is 6.31. The van der Waals surface area contributed by atoms with Crippen LogP contribution in [-0.4, -0.2) is 37.8 Å². The van der Waals surface area contributed by atoms with Crippen LogP contribution in [0.25, 0.3) is 0 Å². The minimum absolute atomic E-state index is 0.0132. The molecule has 2 aromatic rings. The third kappa shape index (κ3) is 2.43. The highest BCUT2D eigenvalue weighted by molar-refractivity contribution is 7.89. The molecule has 4 rings (SSSR count). The number of hydrogen-bond donors (Lipinski definition) is 0. The second-order valence-electron chi connectivity index (χ2n) is 7.01. The SMILES string of the molecule is COC(=O)C1(c2ccccc2)C2C=CC(=O)N(S(=O)(=O)c3ccc(C)cc3)C21. The van der Waals surface area contributed by atoms with Crippen molar-refractivity contribution in [2.45, 2.75) is 23.3 Å². The second-order valence-corrected chi connectivity index (χ2v) is 8.82. The van der Waals surface area contributed by atoms with Gasteiger partial charge in [-0.3, -0.25) is 9.59 Å². The van der Waals surface area contributed by atoms with Gasteiger partial charge in [0.25, 0.3) is 15.9 Å². The van der Waals surface area contributed by atoms with Crippen LogP contribution in [0.1, 0.15) is 11.1 Å². The Morgan fingerprint density at radius 3 is 2.32 bits per heavy atom. The molecule has 2 aliphatic rings. The number of benzene rings is 2. The van der Waals surface area contributed by atoms with Crippen molar-refractivity contribution in [3.8, 4) is 0 Å². The molecule has 0 N–H and O–H groups in total. The van der Waals surface area contributed by atoms with Crippen LogP contribution in [0, 0.1) is 12.8 Å². The summed E-state index contributed by atoms with van der Waals surface area (Å²) in [7, 11) is -2.87. The molecule has 1 heterocycles. The average Bonchev–Trinajstić information content (AvgIpc) is 3.37. The largest absolute Gasteiger partial charge is 0.468 e. The van der Waals surface area contributed by atoms with Gasteiger partial charge in [-0.15, -0.1) is 0 Å². The molecule has 1 amide bonds. The van der Waals surface area contributed by atoms with Crippen LogP contribution in [-0.2, 0) is 29.8 Å². The Kier molecular flexibility index (Phi) is 4.15. The van der Waals surface area contributed by atoms with Gasteiger partial charge in [0.05, 0.1) is 18.0 Å². The molecule has 1 fully saturated rings. The molecule has 3 unspecified atom stereocenters. The van der Waals surface area contributed by atoms with Crippen molar-refractivity contribution in [1.29, 1.82) is 0 Å². The Balaban J connectivity index is 1.86. The van der Waals surface area contributed by atoms with Crippen molar-refractivity contribution >= 4 is 21.9 Å². The van der Waals surface area contributed by atoms with E-state index in [4.69, 9.17) is 4.74 Å². The summed E-state index contributed by atoms with van der Waals surface area (Å²) in [4.78, 5) is 25.5. The van der Waals surface area contributed by atoms with Crippen molar-refractivity contribution in [2.24, 2.45) is 5.92 Å². The maximum atomic E-state index is 13.3. The van der Waals surface area contributed by atoms with Gasteiger partial charge in [0.2, 0.25) is 0 Å². The van der Waals surface area contributed by atoms with Gasteiger partial charge in [0, 0.05) is 12.0 Å². The number of rotatable bonds is 4. The Morgan fingerprint density at radius 1 is 1.07 bits per heavy atom. The standard InChI is InChI=1S/C21H19NO5S/c1-14-8-10-16(11-9-14)28(25,26)22-18(23)13-12-17-19(22)21(17,20(24)27-2)15-6-4-3-5-7-15/h3-13,17,19H,1-2H3. The van der Waals surface area contributed by atoms with E-state index < -0.39 is 39.3 Å². The molecule has 0 radical (unpaired) electrons. The Bertz CT molecular complexity index is 1080. The zero-order valence-electron chi connectivity index (χ0n) is 15.4. The number of esters is 1. The lowest BCUT2D eigenvalue weighted by molar-refractivity contribution is -0.144. The predicted octanol–water partition coefficient (Wildman–Crippen LogP) is 2.19. The van der Waals surface area contributed by atoms with E-state index in [2.05, 4.69) is 0 Å². The number of amides is 1. The summed E-state index contributed by atoms with van der Waals surface area (Å²) in [5, 5.41) is 0. The highest BCUT2D eigenvalue weighted by Crippen LogP contribution is 2.61. The molecule has 6 nitrogen and oxygen atoms in total. The molecule has 0 bridgehead atoms. The van der Waals surface area contributed by atoms with Gasteiger partial charge < -0.3 is 4.74 Å². The smallest absolute Gasteiger partial charge is 0.319 e. The van der Waals surface area contributed by atoms with Gasteiger partial charge in [0.1, 0.15) is 5.41 Å². The average molecular weight is 397 g/mol. The predicted molar refractivity (Wildman–Crippen MR) is 102 cm³/mol. The summed E-state index contributed by atoms with van der Waals surface area (Å²) in [6.45, 7) is 1.85. The summed E-state index contributed by atoms with van der Waals surface area (Å²) >= 11 is 0. The monoisotopic (exact) mass is 397 g/mol. The van der Waals surface area contributed by atoms with Crippen LogP contribution in [0.3, 0.4) is 0 Å². The van der Waals surface area contributed by atoms with E-state index in [1.807, 2.05) is 13.0 Å². The third-order valence-corrected chi connectivity index (χ3v) is 7.28. The zero-order valence-corrected chi connectivity index (χ0v) is 16.2. The van der Waals surface area contributed by atoms with Crippen LogP contribution in [0.15, 0.2) is 71.6 Å². The quantitative estimate of drug-likeness (QED) is 0.739. The Labute approximate surface area is 163 Å². The number of carbonyl (C=O) groups is 2. The van der Waals surface area contributed by atoms with E-state index in [9.17, 15) is 18.0 Å². The van der Waals surface area contributed by atoms with Crippen LogP contribution in [0.5, 0.6) is 0 Å². The number of carbonyl (C=O) groups excluding carboxylic acids is 2. The molecule has 1 aliphatic heterocycles. The molecule has 7 heteroatoms.